The highest BCUT2D eigenvalue weighted by molar-refractivity contribution is 7.92. The third kappa shape index (κ3) is 4.90. The average molecular weight is 427 g/mol. The topological polar surface area (TPSA) is 106 Å². The van der Waals surface area contributed by atoms with Gasteiger partial charge in [0.1, 0.15) is 12.4 Å². The maximum atomic E-state index is 12.8. The Morgan fingerprint density at radius 2 is 1.93 bits per heavy atom. The number of sulfonamides is 1. The minimum Gasteiger partial charge on any atom is -0.487 e. The van der Waals surface area contributed by atoms with Crippen molar-refractivity contribution in [2.24, 2.45) is 0 Å². The molecule has 0 bridgehead atoms. The van der Waals surface area contributed by atoms with Crippen molar-refractivity contribution in [2.75, 3.05) is 4.72 Å². The quantitative estimate of drug-likeness (QED) is 0.491. The Kier molecular flexibility index (Phi) is 6.27. The number of furan rings is 1. The molecule has 0 aliphatic heterocycles. The molecule has 0 aliphatic carbocycles. The highest BCUT2D eigenvalue weighted by Crippen LogP contribution is 2.30. The van der Waals surface area contributed by atoms with Crippen molar-refractivity contribution in [2.45, 2.75) is 25.0 Å². The van der Waals surface area contributed by atoms with Gasteiger partial charge in [0.15, 0.2) is 0 Å². The van der Waals surface area contributed by atoms with Crippen molar-refractivity contribution in [1.29, 1.82) is 0 Å². The summed E-state index contributed by atoms with van der Waals surface area (Å²) in [5.41, 5.74) is 2.58. The van der Waals surface area contributed by atoms with E-state index in [2.05, 4.69) is 11.3 Å². The van der Waals surface area contributed by atoms with Crippen LogP contribution < -0.4 is 9.46 Å². The average Bonchev–Trinajstić information content (AvgIpc) is 3.18. The maximum absolute atomic E-state index is 12.8. The number of carbonyl (C=O) groups is 1. The highest BCUT2D eigenvalue weighted by Gasteiger charge is 2.23. The van der Waals surface area contributed by atoms with Gasteiger partial charge < -0.3 is 14.3 Å². The molecule has 30 heavy (non-hydrogen) atoms. The van der Waals surface area contributed by atoms with Crippen LogP contribution in [0, 0.1) is 6.92 Å². The first-order valence-corrected chi connectivity index (χ1v) is 10.5. The smallest absolute Gasteiger partial charge is 0.335 e. The fourth-order valence-electron chi connectivity index (χ4n) is 2.79. The summed E-state index contributed by atoms with van der Waals surface area (Å²) >= 11 is 0. The summed E-state index contributed by atoms with van der Waals surface area (Å²) in [4.78, 5) is 11.0. The molecule has 2 N–H and O–H groups in total. The van der Waals surface area contributed by atoms with Crippen molar-refractivity contribution in [1.82, 2.24) is 0 Å². The Morgan fingerprint density at radius 1 is 1.20 bits per heavy atom. The minimum absolute atomic E-state index is 0.139. The molecule has 1 aromatic heterocycles. The zero-order valence-electron chi connectivity index (χ0n) is 16.3. The second kappa shape index (κ2) is 8.87. The lowest BCUT2D eigenvalue weighted by Gasteiger charge is -2.14. The van der Waals surface area contributed by atoms with Crippen LogP contribution in [0.3, 0.4) is 0 Å². The lowest BCUT2D eigenvalue weighted by Crippen LogP contribution is -2.15. The molecule has 8 heteroatoms. The highest BCUT2D eigenvalue weighted by atomic mass is 32.2. The maximum Gasteiger partial charge on any atom is 0.335 e. The van der Waals surface area contributed by atoms with E-state index in [4.69, 9.17) is 14.3 Å². The van der Waals surface area contributed by atoms with Gasteiger partial charge in [-0.3, -0.25) is 4.72 Å². The van der Waals surface area contributed by atoms with Gasteiger partial charge in [-0.2, -0.15) is 8.42 Å². The van der Waals surface area contributed by atoms with Crippen LogP contribution in [0.4, 0.5) is 5.69 Å². The number of rotatable bonds is 9. The van der Waals surface area contributed by atoms with Gasteiger partial charge in [0.2, 0.25) is 5.09 Å². The Hall–Kier alpha value is -3.52. The van der Waals surface area contributed by atoms with Gasteiger partial charge >= 0.3 is 5.97 Å². The molecule has 0 saturated heterocycles. The standard InChI is InChI=1S/C22H21NO6S/c1-3-4-18-11-12-28-22(18)30(26,27)23-19-10-5-15(2)13-20(19)29-14-16-6-8-17(9-7-16)21(24)25/h3,5-13,23H,1,4,14H2,2H3,(H,24,25). The zero-order valence-corrected chi connectivity index (χ0v) is 17.1. The number of benzene rings is 2. The normalized spacial score (nSPS) is 11.1. The Labute approximate surface area is 174 Å². The molecule has 0 atom stereocenters. The molecule has 0 radical (unpaired) electrons. The first-order valence-electron chi connectivity index (χ1n) is 9.06. The van der Waals surface area contributed by atoms with Gasteiger partial charge in [-0.1, -0.05) is 24.3 Å². The van der Waals surface area contributed by atoms with Crippen molar-refractivity contribution < 1.29 is 27.5 Å². The van der Waals surface area contributed by atoms with Gasteiger partial charge in [0.05, 0.1) is 17.5 Å². The summed E-state index contributed by atoms with van der Waals surface area (Å²) in [5, 5.41) is 8.81. The van der Waals surface area contributed by atoms with Gasteiger partial charge in [0, 0.05) is 5.56 Å². The van der Waals surface area contributed by atoms with Crippen LogP contribution >= 0.6 is 0 Å². The predicted molar refractivity (Wildman–Crippen MR) is 112 cm³/mol. The number of carboxylic acid groups (broad SMARTS) is 1. The molecule has 0 unspecified atom stereocenters. The van der Waals surface area contributed by atoms with Crippen molar-refractivity contribution in [3.63, 3.8) is 0 Å². The molecule has 0 saturated carbocycles. The van der Waals surface area contributed by atoms with Crippen LogP contribution in [-0.4, -0.2) is 19.5 Å². The largest absolute Gasteiger partial charge is 0.487 e. The van der Waals surface area contributed by atoms with E-state index in [0.29, 0.717) is 17.7 Å². The summed E-state index contributed by atoms with van der Waals surface area (Å²) in [6.07, 6.45) is 3.27. The number of ether oxygens (including phenoxy) is 1. The van der Waals surface area contributed by atoms with Crippen LogP contribution in [0.1, 0.15) is 27.0 Å². The van der Waals surface area contributed by atoms with Crippen LogP contribution in [0.15, 0.2) is 77.0 Å². The van der Waals surface area contributed by atoms with Crippen LogP contribution in [-0.2, 0) is 23.1 Å². The molecule has 2 aromatic carbocycles. The third-order valence-corrected chi connectivity index (χ3v) is 5.63. The molecule has 3 rings (SSSR count). The van der Waals surface area contributed by atoms with Crippen molar-refractivity contribution >= 4 is 21.7 Å². The van der Waals surface area contributed by atoms with Crippen molar-refractivity contribution in [3.8, 4) is 5.75 Å². The SMILES string of the molecule is C=CCc1ccoc1S(=O)(=O)Nc1ccc(C)cc1OCc1ccc(C(=O)O)cc1. The molecular formula is C22H21NO6S. The number of carboxylic acids is 1. The lowest BCUT2D eigenvalue weighted by atomic mass is 10.1. The fraction of sp³-hybridized carbons (Fsp3) is 0.136. The van der Waals surface area contributed by atoms with Gasteiger partial charge in [0.25, 0.3) is 10.0 Å². The number of hydrogen-bond acceptors (Lipinski definition) is 5. The van der Waals surface area contributed by atoms with Crippen LogP contribution in [0.25, 0.3) is 0 Å². The van der Waals surface area contributed by atoms with E-state index in [1.54, 1.807) is 42.5 Å². The number of allylic oxidation sites excluding steroid dienone is 1. The summed E-state index contributed by atoms with van der Waals surface area (Å²) in [7, 11) is -3.97. The number of aromatic carboxylic acids is 1. The molecule has 0 spiro atoms. The molecule has 1 heterocycles. The number of hydrogen-bond donors (Lipinski definition) is 2. The lowest BCUT2D eigenvalue weighted by molar-refractivity contribution is 0.0697. The second-order valence-corrected chi connectivity index (χ2v) is 8.20. The monoisotopic (exact) mass is 427 g/mol. The van der Waals surface area contributed by atoms with Crippen LogP contribution in [0.5, 0.6) is 5.75 Å². The summed E-state index contributed by atoms with van der Waals surface area (Å²) in [6, 6.07) is 12.9. The van der Waals surface area contributed by atoms with E-state index >= 15 is 0 Å². The summed E-state index contributed by atoms with van der Waals surface area (Å²) in [6.45, 7) is 5.63. The summed E-state index contributed by atoms with van der Waals surface area (Å²) in [5.74, 6) is -0.663. The van der Waals surface area contributed by atoms with E-state index in [-0.39, 0.29) is 22.9 Å². The van der Waals surface area contributed by atoms with Crippen LogP contribution in [0.2, 0.25) is 0 Å². The van der Waals surface area contributed by atoms with Gasteiger partial charge in [-0.05, 0) is 54.8 Å². The molecular weight excluding hydrogens is 406 g/mol. The molecule has 3 aromatic rings. The van der Waals surface area contributed by atoms with Gasteiger partial charge in [-0.15, -0.1) is 6.58 Å². The Bertz CT molecular complexity index is 1160. The van der Waals surface area contributed by atoms with E-state index in [9.17, 15) is 13.2 Å². The molecule has 0 fully saturated rings. The van der Waals surface area contributed by atoms with E-state index in [0.717, 1.165) is 11.1 Å². The van der Waals surface area contributed by atoms with Crippen molar-refractivity contribution in [3.05, 3.63) is 89.7 Å². The second-order valence-electron chi connectivity index (χ2n) is 6.62. The fourth-order valence-corrected chi connectivity index (χ4v) is 4.02. The number of nitrogens with one attached hydrogen (secondary N) is 1. The molecule has 0 amide bonds. The van der Waals surface area contributed by atoms with E-state index in [1.165, 1.54) is 18.4 Å². The Balaban J connectivity index is 1.82. The minimum atomic E-state index is -3.97. The number of anilines is 1. The first kappa shape index (κ1) is 21.2. The first-order chi connectivity index (χ1) is 14.3. The molecule has 7 nitrogen and oxygen atoms in total. The Morgan fingerprint density at radius 3 is 2.60 bits per heavy atom. The molecule has 156 valence electrons. The predicted octanol–water partition coefficient (Wildman–Crippen LogP) is 4.39. The molecule has 0 aliphatic rings. The number of aryl methyl sites for hydroxylation is 1. The third-order valence-electron chi connectivity index (χ3n) is 4.29. The van der Waals surface area contributed by atoms with E-state index < -0.39 is 16.0 Å². The van der Waals surface area contributed by atoms with Gasteiger partial charge in [-0.25, -0.2) is 4.79 Å². The zero-order chi connectivity index (χ0) is 21.7. The van der Waals surface area contributed by atoms with E-state index in [1.807, 2.05) is 6.92 Å². The summed E-state index contributed by atoms with van der Waals surface area (Å²) < 4.78 is 39.2.